The van der Waals surface area contributed by atoms with Crippen LogP contribution in [-0.2, 0) is 4.79 Å². The molecule has 3 amide bonds. The van der Waals surface area contributed by atoms with Gasteiger partial charge in [0.25, 0.3) is 5.91 Å². The molecule has 0 unspecified atom stereocenters. The average molecular weight is 308 g/mol. The third-order valence-corrected chi connectivity index (χ3v) is 2.72. The van der Waals surface area contributed by atoms with Crippen LogP contribution in [0.1, 0.15) is 30.6 Å². The van der Waals surface area contributed by atoms with Gasteiger partial charge in [0.05, 0.1) is 7.11 Å². The number of Topliss-reactive ketones (excluding diaryl/α,β-unsaturated/α-hetero) is 1. The van der Waals surface area contributed by atoms with E-state index in [2.05, 4.69) is 10.6 Å². The zero-order valence-corrected chi connectivity index (χ0v) is 12.9. The normalized spacial score (nSPS) is 9.77. The molecule has 2 N–H and O–H groups in total. The summed E-state index contributed by atoms with van der Waals surface area (Å²) in [4.78, 5) is 34.2. The maximum Gasteiger partial charge on any atom is 0.321 e. The Kier molecular flexibility index (Phi) is 6.88. The van der Waals surface area contributed by atoms with E-state index in [1.54, 1.807) is 12.1 Å². The van der Waals surface area contributed by atoms with Crippen molar-refractivity contribution < 1.29 is 23.9 Å². The molecule has 0 aliphatic heterocycles. The summed E-state index contributed by atoms with van der Waals surface area (Å²) in [6.07, 6.45) is 0.776. The molecule has 0 atom stereocenters. The van der Waals surface area contributed by atoms with E-state index in [1.807, 2.05) is 6.92 Å². The molecule has 1 aromatic carbocycles. The lowest BCUT2D eigenvalue weighted by Gasteiger charge is -2.11. The number of hydrogen-bond donors (Lipinski definition) is 2. The first-order chi connectivity index (χ1) is 10.5. The summed E-state index contributed by atoms with van der Waals surface area (Å²) in [5.74, 6) is -0.0194. The number of ketones is 1. The van der Waals surface area contributed by atoms with Crippen molar-refractivity contribution in [1.82, 2.24) is 10.6 Å². The molecule has 0 aromatic heterocycles. The summed E-state index contributed by atoms with van der Waals surface area (Å²) in [7, 11) is 1.43. The summed E-state index contributed by atoms with van der Waals surface area (Å²) < 4.78 is 10.4. The van der Waals surface area contributed by atoms with Gasteiger partial charge in [-0.25, -0.2) is 4.79 Å². The minimum absolute atomic E-state index is 0.102. The number of urea groups is 1. The highest BCUT2D eigenvalue weighted by Crippen LogP contribution is 2.28. The number of methoxy groups -OCH3 is 1. The van der Waals surface area contributed by atoms with E-state index in [1.165, 1.54) is 20.1 Å². The van der Waals surface area contributed by atoms with Crippen LogP contribution < -0.4 is 20.1 Å². The second-order valence-corrected chi connectivity index (χ2v) is 4.51. The maximum absolute atomic E-state index is 11.6. The summed E-state index contributed by atoms with van der Waals surface area (Å²) in [6.45, 7) is 3.50. The Labute approximate surface area is 129 Å². The average Bonchev–Trinajstić information content (AvgIpc) is 2.50. The molecule has 0 spiro atoms. The van der Waals surface area contributed by atoms with E-state index in [-0.39, 0.29) is 12.4 Å². The highest BCUT2D eigenvalue weighted by atomic mass is 16.5. The Hall–Kier alpha value is -2.57. The van der Waals surface area contributed by atoms with Crippen LogP contribution in [0, 0.1) is 0 Å². The molecule has 0 aliphatic carbocycles. The van der Waals surface area contributed by atoms with Gasteiger partial charge in [-0.1, -0.05) is 6.92 Å². The standard InChI is InChI=1S/C15H20N2O5/c1-4-7-16-15(20)17-14(19)9-22-12-6-5-11(10(2)18)8-13(12)21-3/h5-6,8H,4,7,9H2,1-3H3,(H2,16,17,19,20). The molecule has 0 aliphatic rings. The molecule has 0 radical (unpaired) electrons. The number of hydrogen-bond acceptors (Lipinski definition) is 5. The third-order valence-electron chi connectivity index (χ3n) is 2.72. The SMILES string of the molecule is CCCNC(=O)NC(=O)COc1ccc(C(C)=O)cc1OC. The number of carbonyl (C=O) groups excluding carboxylic acids is 3. The fourth-order valence-electron chi connectivity index (χ4n) is 1.59. The predicted molar refractivity (Wildman–Crippen MR) is 80.3 cm³/mol. The van der Waals surface area contributed by atoms with Crippen LogP contribution in [-0.4, -0.2) is 38.0 Å². The molecular weight excluding hydrogens is 288 g/mol. The lowest BCUT2D eigenvalue weighted by Crippen LogP contribution is -2.41. The monoisotopic (exact) mass is 308 g/mol. The van der Waals surface area contributed by atoms with Gasteiger partial charge in [-0.05, 0) is 31.5 Å². The summed E-state index contributed by atoms with van der Waals surface area (Å²) in [5, 5.41) is 4.66. The van der Waals surface area contributed by atoms with Crippen LogP contribution in [0.15, 0.2) is 18.2 Å². The van der Waals surface area contributed by atoms with E-state index < -0.39 is 11.9 Å². The van der Waals surface area contributed by atoms with E-state index in [9.17, 15) is 14.4 Å². The first-order valence-corrected chi connectivity index (χ1v) is 6.87. The molecule has 1 aromatic rings. The quantitative estimate of drug-likeness (QED) is 0.745. The van der Waals surface area contributed by atoms with Crippen LogP contribution in [0.2, 0.25) is 0 Å². The molecule has 0 fully saturated rings. The molecule has 7 heteroatoms. The lowest BCUT2D eigenvalue weighted by molar-refractivity contribution is -0.122. The molecule has 7 nitrogen and oxygen atoms in total. The highest BCUT2D eigenvalue weighted by Gasteiger charge is 2.12. The fraction of sp³-hybridized carbons (Fsp3) is 0.400. The maximum atomic E-state index is 11.6. The van der Waals surface area contributed by atoms with Crippen molar-refractivity contribution in [2.24, 2.45) is 0 Å². The molecule has 0 saturated carbocycles. The molecule has 0 saturated heterocycles. The van der Waals surface area contributed by atoms with Crippen molar-refractivity contribution in [2.75, 3.05) is 20.3 Å². The zero-order chi connectivity index (χ0) is 16.5. The second kappa shape index (κ2) is 8.66. The van der Waals surface area contributed by atoms with E-state index in [0.29, 0.717) is 23.6 Å². The first kappa shape index (κ1) is 17.5. The van der Waals surface area contributed by atoms with Gasteiger partial charge in [0.2, 0.25) is 0 Å². The van der Waals surface area contributed by atoms with Gasteiger partial charge in [0, 0.05) is 12.1 Å². The Bertz CT molecular complexity index is 557. The smallest absolute Gasteiger partial charge is 0.321 e. The Balaban J connectivity index is 2.58. The number of nitrogens with one attached hydrogen (secondary N) is 2. The molecule has 1 rings (SSSR count). The van der Waals surface area contributed by atoms with Crippen molar-refractivity contribution in [1.29, 1.82) is 0 Å². The fourth-order valence-corrected chi connectivity index (χ4v) is 1.59. The van der Waals surface area contributed by atoms with Gasteiger partial charge in [-0.2, -0.15) is 0 Å². The molecular formula is C15H20N2O5. The van der Waals surface area contributed by atoms with Gasteiger partial charge in [0.15, 0.2) is 23.9 Å². The summed E-state index contributed by atoms with van der Waals surface area (Å²) >= 11 is 0. The highest BCUT2D eigenvalue weighted by molar-refractivity contribution is 5.95. The largest absolute Gasteiger partial charge is 0.493 e. The van der Waals surface area contributed by atoms with Crippen molar-refractivity contribution in [3.05, 3.63) is 23.8 Å². The lowest BCUT2D eigenvalue weighted by atomic mass is 10.1. The second-order valence-electron chi connectivity index (χ2n) is 4.51. The Morgan fingerprint density at radius 2 is 1.91 bits per heavy atom. The van der Waals surface area contributed by atoms with Crippen LogP contribution in [0.4, 0.5) is 4.79 Å². The Morgan fingerprint density at radius 1 is 1.18 bits per heavy atom. The van der Waals surface area contributed by atoms with Crippen LogP contribution in [0.3, 0.4) is 0 Å². The van der Waals surface area contributed by atoms with Crippen molar-refractivity contribution in [2.45, 2.75) is 20.3 Å². The Morgan fingerprint density at radius 3 is 2.50 bits per heavy atom. The topological polar surface area (TPSA) is 93.7 Å². The van der Waals surface area contributed by atoms with Gasteiger partial charge < -0.3 is 14.8 Å². The van der Waals surface area contributed by atoms with E-state index in [4.69, 9.17) is 9.47 Å². The van der Waals surface area contributed by atoms with Crippen molar-refractivity contribution >= 4 is 17.7 Å². The number of carbonyl (C=O) groups is 3. The molecule has 0 heterocycles. The van der Waals surface area contributed by atoms with Gasteiger partial charge in [-0.15, -0.1) is 0 Å². The van der Waals surface area contributed by atoms with Crippen molar-refractivity contribution in [3.8, 4) is 11.5 Å². The summed E-state index contributed by atoms with van der Waals surface area (Å²) in [6, 6.07) is 4.09. The van der Waals surface area contributed by atoms with Crippen LogP contribution >= 0.6 is 0 Å². The zero-order valence-electron chi connectivity index (χ0n) is 12.9. The van der Waals surface area contributed by atoms with Crippen LogP contribution in [0.5, 0.6) is 11.5 Å². The minimum Gasteiger partial charge on any atom is -0.493 e. The van der Waals surface area contributed by atoms with E-state index >= 15 is 0 Å². The summed E-state index contributed by atoms with van der Waals surface area (Å²) in [5.41, 5.74) is 0.479. The third kappa shape index (κ3) is 5.43. The van der Waals surface area contributed by atoms with Crippen molar-refractivity contribution in [3.63, 3.8) is 0 Å². The minimum atomic E-state index is -0.577. The van der Waals surface area contributed by atoms with Gasteiger partial charge in [-0.3, -0.25) is 14.9 Å². The first-order valence-electron chi connectivity index (χ1n) is 6.87. The van der Waals surface area contributed by atoms with E-state index in [0.717, 1.165) is 6.42 Å². The number of rotatable bonds is 7. The van der Waals surface area contributed by atoms with Gasteiger partial charge >= 0.3 is 6.03 Å². The van der Waals surface area contributed by atoms with Gasteiger partial charge in [0.1, 0.15) is 0 Å². The molecule has 22 heavy (non-hydrogen) atoms. The number of ether oxygens (including phenoxy) is 2. The number of imide groups is 1. The number of benzene rings is 1. The van der Waals surface area contributed by atoms with Crippen LogP contribution in [0.25, 0.3) is 0 Å². The number of amides is 3. The predicted octanol–water partition coefficient (Wildman–Crippen LogP) is 1.51. The molecule has 0 bridgehead atoms. The molecule has 120 valence electrons.